The molecule has 1 atom stereocenters. The molecular weight excluding hydrogens is 252 g/mol. The van der Waals surface area contributed by atoms with Gasteiger partial charge in [-0.25, -0.2) is 0 Å². The molecule has 0 heterocycles. The number of ether oxygens (including phenoxy) is 1. The number of rotatable bonds is 6. The minimum atomic E-state index is -0.113. The van der Waals surface area contributed by atoms with Gasteiger partial charge in [-0.05, 0) is 43.0 Å². The molecule has 4 nitrogen and oxygen atoms in total. The second-order valence-electron chi connectivity index (χ2n) is 6.23. The molecule has 1 unspecified atom stereocenters. The van der Waals surface area contributed by atoms with Crippen LogP contribution in [0.2, 0.25) is 0 Å². The van der Waals surface area contributed by atoms with Crippen molar-refractivity contribution in [3.8, 4) is 5.75 Å². The van der Waals surface area contributed by atoms with Gasteiger partial charge in [-0.1, -0.05) is 20.8 Å². The van der Waals surface area contributed by atoms with Gasteiger partial charge in [-0.2, -0.15) is 0 Å². The summed E-state index contributed by atoms with van der Waals surface area (Å²) in [5.74, 6) is 0.751. The van der Waals surface area contributed by atoms with Gasteiger partial charge >= 0.3 is 0 Å². The van der Waals surface area contributed by atoms with Crippen LogP contribution in [0.15, 0.2) is 24.3 Å². The van der Waals surface area contributed by atoms with Gasteiger partial charge in [0.1, 0.15) is 5.75 Å². The number of hydrogen-bond donors (Lipinski definition) is 2. The molecule has 1 amide bonds. The van der Waals surface area contributed by atoms with Crippen LogP contribution >= 0.6 is 0 Å². The molecule has 20 heavy (non-hydrogen) atoms. The molecule has 0 saturated carbocycles. The Morgan fingerprint density at radius 3 is 2.40 bits per heavy atom. The summed E-state index contributed by atoms with van der Waals surface area (Å²) in [5, 5.41) is 2.85. The molecule has 1 aromatic carbocycles. The van der Waals surface area contributed by atoms with Gasteiger partial charge < -0.3 is 15.8 Å². The molecule has 0 aliphatic carbocycles. The van der Waals surface area contributed by atoms with Gasteiger partial charge in [0.15, 0.2) is 0 Å². The van der Waals surface area contributed by atoms with E-state index in [1.165, 1.54) is 0 Å². The predicted octanol–water partition coefficient (Wildman–Crippen LogP) is 3.18. The van der Waals surface area contributed by atoms with Crippen LogP contribution in [0.1, 0.15) is 40.5 Å². The van der Waals surface area contributed by atoms with Gasteiger partial charge in [-0.3, -0.25) is 4.79 Å². The predicted molar refractivity (Wildman–Crippen MR) is 82.9 cm³/mol. The number of benzene rings is 1. The molecule has 0 bridgehead atoms. The van der Waals surface area contributed by atoms with Crippen molar-refractivity contribution in [2.24, 2.45) is 11.1 Å². The van der Waals surface area contributed by atoms with E-state index in [1.807, 2.05) is 31.2 Å². The first kappa shape index (κ1) is 16.5. The van der Waals surface area contributed by atoms with Crippen LogP contribution in [0, 0.1) is 5.41 Å². The van der Waals surface area contributed by atoms with E-state index < -0.39 is 0 Å². The third-order valence-electron chi connectivity index (χ3n) is 2.77. The fourth-order valence-corrected chi connectivity index (χ4v) is 2.11. The van der Waals surface area contributed by atoms with Crippen LogP contribution < -0.4 is 15.8 Å². The molecule has 0 spiro atoms. The van der Waals surface area contributed by atoms with E-state index in [1.54, 1.807) is 0 Å². The molecule has 0 aromatic heterocycles. The molecule has 1 rings (SSSR count). The first-order chi connectivity index (χ1) is 9.30. The Labute approximate surface area is 121 Å². The van der Waals surface area contributed by atoms with Gasteiger partial charge in [0.25, 0.3) is 0 Å². The highest BCUT2D eigenvalue weighted by atomic mass is 16.5. The number of carbonyl (C=O) groups excluding carboxylic acids is 1. The van der Waals surface area contributed by atoms with Crippen LogP contribution in [-0.4, -0.2) is 18.6 Å². The largest absolute Gasteiger partial charge is 0.494 e. The van der Waals surface area contributed by atoms with E-state index in [4.69, 9.17) is 10.5 Å². The van der Waals surface area contributed by atoms with Crippen molar-refractivity contribution < 1.29 is 9.53 Å². The van der Waals surface area contributed by atoms with Crippen LogP contribution in [0.5, 0.6) is 5.75 Å². The quantitative estimate of drug-likeness (QED) is 0.840. The Bertz CT molecular complexity index is 421. The van der Waals surface area contributed by atoms with Gasteiger partial charge in [0, 0.05) is 18.2 Å². The Morgan fingerprint density at radius 2 is 1.90 bits per heavy atom. The van der Waals surface area contributed by atoms with Crippen molar-refractivity contribution >= 4 is 11.6 Å². The summed E-state index contributed by atoms with van der Waals surface area (Å²) in [6.45, 7) is 8.94. The van der Waals surface area contributed by atoms with Crippen molar-refractivity contribution in [1.82, 2.24) is 0 Å². The molecule has 3 N–H and O–H groups in total. The topological polar surface area (TPSA) is 64.3 Å². The van der Waals surface area contributed by atoms with Crippen molar-refractivity contribution in [2.75, 3.05) is 11.9 Å². The summed E-state index contributed by atoms with van der Waals surface area (Å²) >= 11 is 0. The Balaban J connectivity index is 2.45. The fourth-order valence-electron chi connectivity index (χ4n) is 2.11. The minimum absolute atomic E-state index is 0.0501. The average Bonchev–Trinajstić information content (AvgIpc) is 2.29. The fraction of sp³-hybridized carbons (Fsp3) is 0.562. The summed E-state index contributed by atoms with van der Waals surface area (Å²) in [4.78, 5) is 11.9. The molecule has 0 fully saturated rings. The molecule has 4 heteroatoms. The Kier molecular flexibility index (Phi) is 6.02. The minimum Gasteiger partial charge on any atom is -0.494 e. The van der Waals surface area contributed by atoms with Gasteiger partial charge in [-0.15, -0.1) is 0 Å². The highest BCUT2D eigenvalue weighted by molar-refractivity contribution is 5.91. The maximum absolute atomic E-state index is 11.9. The lowest BCUT2D eigenvalue weighted by Gasteiger charge is -2.22. The summed E-state index contributed by atoms with van der Waals surface area (Å²) < 4.78 is 5.35. The number of carbonyl (C=O) groups is 1. The standard InChI is InChI=1S/C16H26N2O2/c1-5-20-14-8-6-13(7-9-14)18-15(19)10-12(17)11-16(2,3)4/h6-9,12H,5,10-11,17H2,1-4H3,(H,18,19). The Hall–Kier alpha value is -1.55. The Morgan fingerprint density at radius 1 is 1.30 bits per heavy atom. The van der Waals surface area contributed by atoms with E-state index in [0.29, 0.717) is 13.0 Å². The summed E-state index contributed by atoms with van der Waals surface area (Å²) in [7, 11) is 0. The SMILES string of the molecule is CCOc1ccc(NC(=O)CC(N)CC(C)(C)C)cc1. The first-order valence-electron chi connectivity index (χ1n) is 7.08. The lowest BCUT2D eigenvalue weighted by molar-refractivity contribution is -0.116. The molecule has 0 aliphatic rings. The van der Waals surface area contributed by atoms with Crippen molar-refractivity contribution in [3.05, 3.63) is 24.3 Å². The third-order valence-corrected chi connectivity index (χ3v) is 2.77. The van der Waals surface area contributed by atoms with E-state index in [9.17, 15) is 4.79 Å². The average molecular weight is 278 g/mol. The van der Waals surface area contributed by atoms with Crippen molar-refractivity contribution in [1.29, 1.82) is 0 Å². The number of anilines is 1. The number of hydrogen-bond acceptors (Lipinski definition) is 3. The second kappa shape index (κ2) is 7.29. The maximum atomic E-state index is 11.9. The van der Waals surface area contributed by atoms with Crippen LogP contribution in [0.4, 0.5) is 5.69 Å². The highest BCUT2D eigenvalue weighted by Gasteiger charge is 2.18. The summed E-state index contributed by atoms with van der Waals surface area (Å²) in [6.07, 6.45) is 1.16. The molecule has 1 aromatic rings. The van der Waals surface area contributed by atoms with Crippen LogP contribution in [0.25, 0.3) is 0 Å². The molecule has 112 valence electrons. The first-order valence-corrected chi connectivity index (χ1v) is 7.08. The summed E-state index contributed by atoms with van der Waals surface area (Å²) in [5.41, 5.74) is 6.90. The maximum Gasteiger partial charge on any atom is 0.225 e. The number of nitrogens with one attached hydrogen (secondary N) is 1. The van der Waals surface area contributed by atoms with Gasteiger partial charge in [0.2, 0.25) is 5.91 Å². The highest BCUT2D eigenvalue weighted by Crippen LogP contribution is 2.21. The summed E-state index contributed by atoms with van der Waals surface area (Å²) in [6, 6.07) is 7.23. The van der Waals surface area contributed by atoms with Crippen LogP contribution in [0.3, 0.4) is 0 Å². The monoisotopic (exact) mass is 278 g/mol. The second-order valence-corrected chi connectivity index (χ2v) is 6.23. The zero-order valence-electron chi connectivity index (χ0n) is 12.9. The van der Waals surface area contributed by atoms with E-state index in [-0.39, 0.29) is 17.4 Å². The zero-order chi connectivity index (χ0) is 15.2. The van der Waals surface area contributed by atoms with Gasteiger partial charge in [0.05, 0.1) is 6.61 Å². The molecule has 0 aliphatic heterocycles. The molecule has 0 radical (unpaired) electrons. The van der Waals surface area contributed by atoms with E-state index >= 15 is 0 Å². The van der Waals surface area contributed by atoms with Crippen molar-refractivity contribution in [3.63, 3.8) is 0 Å². The van der Waals surface area contributed by atoms with Crippen LogP contribution in [-0.2, 0) is 4.79 Å². The van der Waals surface area contributed by atoms with E-state index in [2.05, 4.69) is 26.1 Å². The van der Waals surface area contributed by atoms with Crippen molar-refractivity contribution in [2.45, 2.75) is 46.6 Å². The molecule has 0 saturated heterocycles. The van der Waals surface area contributed by atoms with E-state index in [0.717, 1.165) is 17.9 Å². The third kappa shape index (κ3) is 6.57. The normalized spacial score (nSPS) is 12.8. The molecular formula is C16H26N2O2. The lowest BCUT2D eigenvalue weighted by atomic mass is 9.87. The number of amides is 1. The number of nitrogens with two attached hydrogens (primary N) is 1. The zero-order valence-corrected chi connectivity index (χ0v) is 12.9. The smallest absolute Gasteiger partial charge is 0.225 e. The lowest BCUT2D eigenvalue weighted by Crippen LogP contribution is -2.31.